The van der Waals surface area contributed by atoms with Crippen LogP contribution >= 0.6 is 0 Å². The first-order chi connectivity index (χ1) is 9.15. The van der Waals surface area contributed by atoms with Gasteiger partial charge < -0.3 is 14.5 Å². The van der Waals surface area contributed by atoms with E-state index in [2.05, 4.69) is 24.1 Å². The van der Waals surface area contributed by atoms with Crippen LogP contribution in [0.25, 0.3) is 0 Å². The number of ether oxygens (including phenoxy) is 1. The number of anilines is 1. The van der Waals surface area contributed by atoms with E-state index >= 15 is 0 Å². The van der Waals surface area contributed by atoms with E-state index in [1.807, 2.05) is 0 Å². The summed E-state index contributed by atoms with van der Waals surface area (Å²) in [5, 5.41) is 3.29. The molecule has 0 bridgehead atoms. The van der Waals surface area contributed by atoms with Gasteiger partial charge in [0.1, 0.15) is 6.26 Å². The molecule has 1 aromatic heterocycles. The summed E-state index contributed by atoms with van der Waals surface area (Å²) in [5.41, 5.74) is 0.224. The predicted molar refractivity (Wildman–Crippen MR) is 72.0 cm³/mol. The van der Waals surface area contributed by atoms with Crippen molar-refractivity contribution >= 4 is 12.0 Å². The van der Waals surface area contributed by atoms with Gasteiger partial charge in [0.2, 0.25) is 0 Å². The van der Waals surface area contributed by atoms with Gasteiger partial charge in [-0.25, -0.2) is 4.79 Å². The number of carbonyl (C=O) groups excluding carboxylic acids is 1. The molecule has 0 aliphatic heterocycles. The van der Waals surface area contributed by atoms with Crippen LogP contribution in [0.5, 0.6) is 0 Å². The topological polar surface area (TPSA) is 64.4 Å². The zero-order chi connectivity index (χ0) is 13.8. The molecule has 5 nitrogen and oxygen atoms in total. The van der Waals surface area contributed by atoms with Crippen LogP contribution in [-0.4, -0.2) is 23.6 Å². The monoisotopic (exact) mass is 266 g/mol. The molecule has 0 radical (unpaired) electrons. The molecule has 1 heterocycles. The lowest BCUT2D eigenvalue weighted by molar-refractivity contribution is 0.0519. The van der Waals surface area contributed by atoms with Gasteiger partial charge in [0.15, 0.2) is 5.69 Å². The number of hydrogen-bond acceptors (Lipinski definition) is 5. The van der Waals surface area contributed by atoms with E-state index in [1.165, 1.54) is 19.1 Å². The fraction of sp³-hybridized carbons (Fsp3) is 0.714. The molecule has 1 N–H and O–H groups in total. The van der Waals surface area contributed by atoms with Gasteiger partial charge in [0, 0.05) is 6.04 Å². The van der Waals surface area contributed by atoms with E-state index in [0.29, 0.717) is 24.6 Å². The van der Waals surface area contributed by atoms with Gasteiger partial charge in [-0.2, -0.15) is 4.98 Å². The second-order valence-corrected chi connectivity index (χ2v) is 5.11. The van der Waals surface area contributed by atoms with Crippen molar-refractivity contribution in [2.75, 3.05) is 11.9 Å². The predicted octanol–water partition coefficient (Wildman–Crippen LogP) is 3.09. The maximum atomic E-state index is 11.5. The maximum Gasteiger partial charge on any atom is 0.360 e. The lowest BCUT2D eigenvalue weighted by Crippen LogP contribution is -2.24. The van der Waals surface area contributed by atoms with Crippen LogP contribution in [0.2, 0.25) is 0 Å². The van der Waals surface area contributed by atoms with Gasteiger partial charge >= 0.3 is 5.97 Å². The van der Waals surface area contributed by atoms with Gasteiger partial charge in [-0.05, 0) is 31.6 Å². The van der Waals surface area contributed by atoms with Crippen molar-refractivity contribution in [2.24, 2.45) is 11.8 Å². The summed E-state index contributed by atoms with van der Waals surface area (Å²) >= 11 is 0. The maximum absolute atomic E-state index is 11.5. The molecule has 3 unspecified atom stereocenters. The Morgan fingerprint density at radius 3 is 2.95 bits per heavy atom. The Balaban J connectivity index is 1.95. The summed E-state index contributed by atoms with van der Waals surface area (Å²) in [6, 6.07) is 0.787. The van der Waals surface area contributed by atoms with Crippen molar-refractivity contribution < 1.29 is 13.9 Å². The first-order valence-electron chi connectivity index (χ1n) is 7.04. The minimum Gasteiger partial charge on any atom is -0.461 e. The third-order valence-corrected chi connectivity index (χ3v) is 4.05. The molecule has 1 fully saturated rings. The molecule has 1 aromatic rings. The van der Waals surface area contributed by atoms with Crippen molar-refractivity contribution in [2.45, 2.75) is 46.1 Å². The van der Waals surface area contributed by atoms with E-state index < -0.39 is 5.97 Å². The average Bonchev–Trinajstić information content (AvgIpc) is 2.99. The summed E-state index contributed by atoms with van der Waals surface area (Å²) in [6.07, 6.45) is 4.91. The molecule has 19 heavy (non-hydrogen) atoms. The van der Waals surface area contributed by atoms with Crippen molar-refractivity contribution in [3.05, 3.63) is 12.0 Å². The normalized spacial score (nSPS) is 26.4. The van der Waals surface area contributed by atoms with Gasteiger partial charge in [-0.1, -0.05) is 20.3 Å². The van der Waals surface area contributed by atoms with Crippen molar-refractivity contribution in [3.8, 4) is 0 Å². The molecule has 1 saturated carbocycles. The molecule has 0 aromatic carbocycles. The molecule has 106 valence electrons. The molecular weight excluding hydrogens is 244 g/mol. The van der Waals surface area contributed by atoms with E-state index in [4.69, 9.17) is 9.15 Å². The van der Waals surface area contributed by atoms with Crippen molar-refractivity contribution in [3.63, 3.8) is 0 Å². The quantitative estimate of drug-likeness (QED) is 0.830. The number of oxazole rings is 1. The molecule has 1 aliphatic carbocycles. The Morgan fingerprint density at radius 2 is 2.32 bits per heavy atom. The zero-order valence-corrected chi connectivity index (χ0v) is 11.8. The zero-order valence-electron chi connectivity index (χ0n) is 11.8. The number of nitrogens with one attached hydrogen (secondary N) is 1. The smallest absolute Gasteiger partial charge is 0.360 e. The Bertz CT molecular complexity index is 430. The van der Waals surface area contributed by atoms with Crippen LogP contribution in [0.4, 0.5) is 6.01 Å². The van der Waals surface area contributed by atoms with Crippen LogP contribution in [0.1, 0.15) is 50.5 Å². The van der Waals surface area contributed by atoms with Gasteiger partial charge in [0.25, 0.3) is 6.01 Å². The Labute approximate surface area is 113 Å². The number of carbonyl (C=O) groups is 1. The molecule has 1 aliphatic rings. The number of esters is 1. The first kappa shape index (κ1) is 13.9. The fourth-order valence-electron chi connectivity index (χ4n) is 2.82. The molecule has 0 spiro atoms. The first-order valence-corrected chi connectivity index (χ1v) is 7.04. The second kappa shape index (κ2) is 6.08. The van der Waals surface area contributed by atoms with Gasteiger partial charge in [-0.15, -0.1) is 0 Å². The minimum atomic E-state index is -0.440. The molecule has 0 amide bonds. The molecule has 3 atom stereocenters. The molecule has 0 saturated heterocycles. The summed E-state index contributed by atoms with van der Waals surface area (Å²) in [4.78, 5) is 15.6. The highest BCUT2D eigenvalue weighted by atomic mass is 16.5. The number of nitrogens with zero attached hydrogens (tertiary/aromatic N) is 1. The van der Waals surface area contributed by atoms with E-state index in [1.54, 1.807) is 6.92 Å². The van der Waals surface area contributed by atoms with Crippen molar-refractivity contribution in [1.82, 2.24) is 4.98 Å². The number of rotatable bonds is 5. The van der Waals surface area contributed by atoms with Gasteiger partial charge in [0.05, 0.1) is 6.61 Å². The SMILES string of the molecule is CCOC(=O)c1coc(NC2CCC(CC)C2C)n1. The number of hydrogen-bond donors (Lipinski definition) is 1. The second-order valence-electron chi connectivity index (χ2n) is 5.11. The lowest BCUT2D eigenvalue weighted by atomic mass is 9.94. The van der Waals surface area contributed by atoms with Crippen LogP contribution in [0.3, 0.4) is 0 Å². The Hall–Kier alpha value is -1.52. The Kier molecular flexibility index (Phi) is 4.45. The molecular formula is C14H22N2O3. The summed E-state index contributed by atoms with van der Waals surface area (Å²) in [7, 11) is 0. The largest absolute Gasteiger partial charge is 0.461 e. The fourth-order valence-corrected chi connectivity index (χ4v) is 2.82. The third-order valence-electron chi connectivity index (χ3n) is 4.05. The number of aromatic nitrogens is 1. The standard InChI is InChI=1S/C14H22N2O3/c1-4-10-6-7-11(9(10)3)15-14-16-12(8-19-14)13(17)18-5-2/h8-11H,4-7H2,1-3H3,(H,15,16). The van der Waals surface area contributed by atoms with E-state index in [-0.39, 0.29) is 5.69 Å². The summed E-state index contributed by atoms with van der Waals surface area (Å²) in [6.45, 7) is 6.59. The van der Waals surface area contributed by atoms with Crippen LogP contribution in [0, 0.1) is 11.8 Å². The van der Waals surface area contributed by atoms with Crippen LogP contribution in [-0.2, 0) is 4.74 Å². The van der Waals surface area contributed by atoms with E-state index in [0.717, 1.165) is 12.3 Å². The third kappa shape index (κ3) is 3.08. The highest BCUT2D eigenvalue weighted by Gasteiger charge is 2.32. The van der Waals surface area contributed by atoms with Crippen molar-refractivity contribution in [1.29, 1.82) is 0 Å². The Morgan fingerprint density at radius 1 is 1.53 bits per heavy atom. The summed E-state index contributed by atoms with van der Waals surface area (Å²) in [5.74, 6) is 0.921. The highest BCUT2D eigenvalue weighted by Crippen LogP contribution is 2.35. The molecule has 5 heteroatoms. The minimum absolute atomic E-state index is 0.224. The summed E-state index contributed by atoms with van der Waals surface area (Å²) < 4.78 is 10.2. The highest BCUT2D eigenvalue weighted by molar-refractivity contribution is 5.87. The van der Waals surface area contributed by atoms with Gasteiger partial charge in [-0.3, -0.25) is 0 Å². The molecule has 2 rings (SSSR count). The van der Waals surface area contributed by atoms with Crippen LogP contribution < -0.4 is 5.32 Å². The average molecular weight is 266 g/mol. The van der Waals surface area contributed by atoms with Crippen LogP contribution in [0.15, 0.2) is 10.7 Å². The van der Waals surface area contributed by atoms with E-state index in [9.17, 15) is 4.79 Å². The lowest BCUT2D eigenvalue weighted by Gasteiger charge is -2.19.